The molecule has 2 aromatic carbocycles. The standard InChI is InChI=1S/C23H31N3O3S/c1-16-12-14-26(15-13-16)20-10-8-19(9-11-20)18(3)24-23(27)21-6-5-7-22(17(21)2)25-30(4,28)29/h5-11,16,18,25H,12-15H2,1-4H3,(H,24,27)/t18-/m1/s1. The van der Waals surface area contributed by atoms with E-state index in [2.05, 4.69) is 46.1 Å². The quantitative estimate of drug-likeness (QED) is 0.725. The molecule has 0 aromatic heterocycles. The number of nitrogens with one attached hydrogen (secondary N) is 2. The van der Waals surface area contributed by atoms with Crippen LogP contribution >= 0.6 is 0 Å². The van der Waals surface area contributed by atoms with Crippen molar-refractivity contribution in [3.05, 3.63) is 59.2 Å². The van der Waals surface area contributed by atoms with Crippen LogP contribution in [0.15, 0.2) is 42.5 Å². The number of carbonyl (C=O) groups excluding carboxylic acids is 1. The van der Waals surface area contributed by atoms with Crippen LogP contribution in [0.4, 0.5) is 11.4 Å². The molecule has 1 aliphatic rings. The third-order valence-electron chi connectivity index (χ3n) is 5.76. The Hall–Kier alpha value is -2.54. The average molecular weight is 430 g/mol. The summed E-state index contributed by atoms with van der Waals surface area (Å²) in [5, 5.41) is 3.02. The van der Waals surface area contributed by atoms with Crippen molar-refractivity contribution in [3.63, 3.8) is 0 Å². The van der Waals surface area contributed by atoms with Gasteiger partial charge in [0.05, 0.1) is 18.0 Å². The summed E-state index contributed by atoms with van der Waals surface area (Å²) in [5.41, 5.74) is 3.72. The number of benzene rings is 2. The number of amides is 1. The van der Waals surface area contributed by atoms with Crippen molar-refractivity contribution in [1.29, 1.82) is 0 Å². The Morgan fingerprint density at radius 3 is 2.33 bits per heavy atom. The van der Waals surface area contributed by atoms with Gasteiger partial charge < -0.3 is 10.2 Å². The first kappa shape index (κ1) is 22.2. The zero-order valence-electron chi connectivity index (χ0n) is 18.1. The van der Waals surface area contributed by atoms with Crippen molar-refractivity contribution < 1.29 is 13.2 Å². The molecule has 7 heteroatoms. The molecule has 162 valence electrons. The lowest BCUT2D eigenvalue weighted by Crippen LogP contribution is -2.32. The van der Waals surface area contributed by atoms with Gasteiger partial charge in [-0.2, -0.15) is 0 Å². The van der Waals surface area contributed by atoms with Crippen LogP contribution in [0.1, 0.15) is 54.2 Å². The highest BCUT2D eigenvalue weighted by Gasteiger charge is 2.18. The minimum Gasteiger partial charge on any atom is -0.372 e. The second-order valence-corrected chi connectivity index (χ2v) is 10.1. The molecule has 1 saturated heterocycles. The summed E-state index contributed by atoms with van der Waals surface area (Å²) in [6.07, 6.45) is 3.54. The average Bonchev–Trinajstić information content (AvgIpc) is 2.69. The number of carbonyl (C=O) groups is 1. The van der Waals surface area contributed by atoms with E-state index in [0.717, 1.165) is 30.8 Å². The Bertz CT molecular complexity index is 995. The molecule has 0 bridgehead atoms. The molecule has 0 aliphatic carbocycles. The van der Waals surface area contributed by atoms with Crippen LogP contribution in [0.3, 0.4) is 0 Å². The zero-order chi connectivity index (χ0) is 21.9. The summed E-state index contributed by atoms with van der Waals surface area (Å²) in [4.78, 5) is 15.2. The largest absolute Gasteiger partial charge is 0.372 e. The molecular formula is C23H31N3O3S. The normalized spacial score (nSPS) is 16.2. The molecule has 1 fully saturated rings. The van der Waals surface area contributed by atoms with E-state index in [-0.39, 0.29) is 11.9 Å². The summed E-state index contributed by atoms with van der Waals surface area (Å²) in [7, 11) is -3.41. The van der Waals surface area contributed by atoms with Crippen LogP contribution in [0.2, 0.25) is 0 Å². The first-order valence-corrected chi connectivity index (χ1v) is 12.3. The van der Waals surface area contributed by atoms with E-state index >= 15 is 0 Å². The molecule has 1 aliphatic heterocycles. The van der Waals surface area contributed by atoms with E-state index < -0.39 is 10.0 Å². The number of hydrogen-bond donors (Lipinski definition) is 2. The molecule has 2 N–H and O–H groups in total. The van der Waals surface area contributed by atoms with Gasteiger partial charge in [-0.25, -0.2) is 8.42 Å². The van der Waals surface area contributed by atoms with E-state index in [9.17, 15) is 13.2 Å². The minimum absolute atomic E-state index is 0.168. The van der Waals surface area contributed by atoms with Crippen molar-refractivity contribution in [3.8, 4) is 0 Å². The van der Waals surface area contributed by atoms with Crippen LogP contribution in [-0.2, 0) is 10.0 Å². The lowest BCUT2D eigenvalue weighted by atomic mass is 9.98. The Labute approximate surface area is 179 Å². The van der Waals surface area contributed by atoms with Gasteiger partial charge in [0.2, 0.25) is 10.0 Å². The third-order valence-corrected chi connectivity index (χ3v) is 6.35. The van der Waals surface area contributed by atoms with Gasteiger partial charge in [-0.15, -0.1) is 0 Å². The maximum absolute atomic E-state index is 12.8. The van der Waals surface area contributed by atoms with Crippen LogP contribution in [-0.4, -0.2) is 33.7 Å². The predicted octanol–water partition coefficient (Wildman–Crippen LogP) is 4.09. The molecule has 30 heavy (non-hydrogen) atoms. The monoisotopic (exact) mass is 429 g/mol. The molecule has 1 amide bonds. The highest BCUT2D eigenvalue weighted by atomic mass is 32.2. The van der Waals surface area contributed by atoms with Gasteiger partial charge in [0.15, 0.2) is 0 Å². The minimum atomic E-state index is -3.41. The van der Waals surface area contributed by atoms with Gasteiger partial charge in [0, 0.05) is 24.3 Å². The molecule has 0 saturated carbocycles. The second-order valence-electron chi connectivity index (χ2n) is 8.31. The lowest BCUT2D eigenvalue weighted by molar-refractivity contribution is 0.0939. The molecule has 6 nitrogen and oxygen atoms in total. The lowest BCUT2D eigenvalue weighted by Gasteiger charge is -2.32. The molecule has 2 aromatic rings. The highest BCUT2D eigenvalue weighted by molar-refractivity contribution is 7.92. The van der Waals surface area contributed by atoms with E-state index in [0.29, 0.717) is 16.8 Å². The highest BCUT2D eigenvalue weighted by Crippen LogP contribution is 2.25. The zero-order valence-corrected chi connectivity index (χ0v) is 18.9. The summed E-state index contributed by atoms with van der Waals surface area (Å²) < 4.78 is 25.5. The van der Waals surface area contributed by atoms with E-state index in [1.807, 2.05) is 6.92 Å². The Morgan fingerprint density at radius 2 is 1.73 bits per heavy atom. The number of sulfonamides is 1. The van der Waals surface area contributed by atoms with Crippen LogP contribution in [0.5, 0.6) is 0 Å². The number of nitrogens with zero attached hydrogens (tertiary/aromatic N) is 1. The number of hydrogen-bond acceptors (Lipinski definition) is 4. The van der Waals surface area contributed by atoms with Crippen molar-refractivity contribution in [2.24, 2.45) is 5.92 Å². The molecule has 0 radical (unpaired) electrons. The predicted molar refractivity (Wildman–Crippen MR) is 123 cm³/mol. The summed E-state index contributed by atoms with van der Waals surface area (Å²) in [6.45, 7) is 8.16. The van der Waals surface area contributed by atoms with E-state index in [1.165, 1.54) is 18.5 Å². The number of rotatable bonds is 6. The first-order valence-electron chi connectivity index (χ1n) is 10.4. The van der Waals surface area contributed by atoms with Gasteiger partial charge in [0.25, 0.3) is 5.91 Å². The molecular weight excluding hydrogens is 398 g/mol. The number of anilines is 2. The smallest absolute Gasteiger partial charge is 0.252 e. The summed E-state index contributed by atoms with van der Waals surface area (Å²) in [6, 6.07) is 13.2. The number of piperidine rings is 1. The second kappa shape index (κ2) is 9.08. The Balaban J connectivity index is 1.68. The van der Waals surface area contributed by atoms with Gasteiger partial charge in [0.1, 0.15) is 0 Å². The van der Waals surface area contributed by atoms with Crippen LogP contribution in [0.25, 0.3) is 0 Å². The Kier molecular flexibility index (Phi) is 6.71. The van der Waals surface area contributed by atoms with Crippen molar-refractivity contribution in [1.82, 2.24) is 5.32 Å². The van der Waals surface area contributed by atoms with Gasteiger partial charge in [-0.1, -0.05) is 25.1 Å². The molecule has 1 atom stereocenters. The summed E-state index contributed by atoms with van der Waals surface area (Å²) >= 11 is 0. The Morgan fingerprint density at radius 1 is 1.10 bits per heavy atom. The van der Waals surface area contributed by atoms with Crippen molar-refractivity contribution >= 4 is 27.3 Å². The fraction of sp³-hybridized carbons (Fsp3) is 0.435. The molecule has 0 spiro atoms. The van der Waals surface area contributed by atoms with Crippen LogP contribution < -0.4 is 14.9 Å². The van der Waals surface area contributed by atoms with Gasteiger partial charge in [-0.3, -0.25) is 9.52 Å². The van der Waals surface area contributed by atoms with Gasteiger partial charge in [-0.05, 0) is 68.0 Å². The SMILES string of the molecule is Cc1c(NS(C)(=O)=O)cccc1C(=O)N[C@H](C)c1ccc(N2CCC(C)CC2)cc1. The van der Waals surface area contributed by atoms with Crippen molar-refractivity contribution in [2.45, 2.75) is 39.7 Å². The molecule has 3 rings (SSSR count). The van der Waals surface area contributed by atoms with Crippen molar-refractivity contribution in [2.75, 3.05) is 29.0 Å². The topological polar surface area (TPSA) is 78.5 Å². The van der Waals surface area contributed by atoms with Gasteiger partial charge >= 0.3 is 0 Å². The molecule has 0 unspecified atom stereocenters. The maximum atomic E-state index is 12.8. The third kappa shape index (κ3) is 5.53. The van der Waals surface area contributed by atoms with Crippen LogP contribution in [0, 0.1) is 12.8 Å². The van der Waals surface area contributed by atoms with E-state index in [4.69, 9.17) is 0 Å². The fourth-order valence-corrected chi connectivity index (χ4v) is 4.41. The molecule has 1 heterocycles. The first-order chi connectivity index (χ1) is 14.1. The summed E-state index contributed by atoms with van der Waals surface area (Å²) in [5.74, 6) is 0.566. The van der Waals surface area contributed by atoms with E-state index in [1.54, 1.807) is 25.1 Å². The fourth-order valence-electron chi connectivity index (χ4n) is 3.79. The maximum Gasteiger partial charge on any atom is 0.252 e.